The number of hydrogen-bond acceptors (Lipinski definition) is 6. The number of aryl methyl sites for hydroxylation is 1. The van der Waals surface area contributed by atoms with E-state index in [1.807, 2.05) is 25.5 Å². The van der Waals surface area contributed by atoms with Crippen LogP contribution in [0, 0.1) is 0 Å². The predicted molar refractivity (Wildman–Crippen MR) is 99.5 cm³/mol. The first-order chi connectivity index (χ1) is 13.0. The van der Waals surface area contributed by atoms with Gasteiger partial charge in [-0.2, -0.15) is 14.5 Å². The Morgan fingerprint density at radius 1 is 1.26 bits per heavy atom. The number of rotatable bonds is 5. The smallest absolute Gasteiger partial charge is 0.240 e. The van der Waals surface area contributed by atoms with Crippen molar-refractivity contribution in [1.82, 2.24) is 28.7 Å². The Morgan fingerprint density at radius 3 is 2.70 bits per heavy atom. The molecule has 0 N–H and O–H groups in total. The Morgan fingerprint density at radius 2 is 2.04 bits per heavy atom. The summed E-state index contributed by atoms with van der Waals surface area (Å²) >= 11 is 0. The third-order valence-corrected chi connectivity index (χ3v) is 6.11. The second-order valence-electron chi connectivity index (χ2n) is 6.42. The SMILES string of the molecule is C=CS(=O)(=O)N1CCC(Oc2nc(-c3cnn(C)c3)cn3nccc23)CC1. The van der Waals surface area contributed by atoms with Crippen LogP contribution in [0.3, 0.4) is 0 Å². The van der Waals surface area contributed by atoms with E-state index in [-0.39, 0.29) is 6.10 Å². The zero-order chi connectivity index (χ0) is 19.0. The average molecular weight is 388 g/mol. The van der Waals surface area contributed by atoms with Gasteiger partial charge in [0, 0.05) is 37.3 Å². The number of hydrogen-bond donors (Lipinski definition) is 0. The van der Waals surface area contributed by atoms with Crippen LogP contribution in [0.5, 0.6) is 5.88 Å². The summed E-state index contributed by atoms with van der Waals surface area (Å²) in [5.74, 6) is 0.485. The van der Waals surface area contributed by atoms with Crippen LogP contribution in [0.15, 0.2) is 42.8 Å². The number of nitrogens with zero attached hydrogens (tertiary/aromatic N) is 6. The normalized spacial score (nSPS) is 16.6. The summed E-state index contributed by atoms with van der Waals surface area (Å²) in [7, 11) is -1.54. The lowest BCUT2D eigenvalue weighted by Crippen LogP contribution is -2.40. The van der Waals surface area contributed by atoms with Crippen LogP contribution in [0.25, 0.3) is 16.8 Å². The first-order valence-corrected chi connectivity index (χ1v) is 10.1. The topological polar surface area (TPSA) is 94.6 Å². The maximum Gasteiger partial charge on any atom is 0.240 e. The van der Waals surface area contributed by atoms with Crippen LogP contribution in [-0.4, -0.2) is 56.3 Å². The molecule has 3 aromatic rings. The molecule has 0 radical (unpaired) electrons. The largest absolute Gasteiger partial charge is 0.473 e. The van der Waals surface area contributed by atoms with Gasteiger partial charge in [-0.1, -0.05) is 6.58 Å². The molecule has 0 amide bonds. The fourth-order valence-corrected chi connectivity index (χ4v) is 4.08. The van der Waals surface area contributed by atoms with Gasteiger partial charge in [0.25, 0.3) is 0 Å². The molecule has 0 aromatic carbocycles. The van der Waals surface area contributed by atoms with Crippen molar-refractivity contribution < 1.29 is 13.2 Å². The van der Waals surface area contributed by atoms with Crippen molar-refractivity contribution in [3.8, 4) is 17.1 Å². The number of piperidine rings is 1. The molecule has 10 heteroatoms. The summed E-state index contributed by atoms with van der Waals surface area (Å²) in [6.45, 7) is 4.17. The molecule has 0 bridgehead atoms. The zero-order valence-electron chi connectivity index (χ0n) is 14.9. The molecule has 1 saturated heterocycles. The van der Waals surface area contributed by atoms with Crippen molar-refractivity contribution >= 4 is 15.5 Å². The van der Waals surface area contributed by atoms with Crippen LogP contribution in [0.2, 0.25) is 0 Å². The molecular formula is C17H20N6O3S. The minimum absolute atomic E-state index is 0.114. The zero-order valence-corrected chi connectivity index (χ0v) is 15.7. The van der Waals surface area contributed by atoms with Gasteiger partial charge in [0.1, 0.15) is 11.6 Å². The standard InChI is InChI=1S/C17H20N6O3S/c1-3-27(24,25)22-8-5-14(6-9-22)26-17-16-4-7-18-23(16)12-15(20-17)13-10-19-21(2)11-13/h3-4,7,10-12,14H,1,5-6,8-9H2,2H3. The molecule has 1 aliphatic rings. The lowest BCUT2D eigenvalue weighted by molar-refractivity contribution is 0.132. The molecular weight excluding hydrogens is 368 g/mol. The first kappa shape index (κ1) is 17.7. The van der Waals surface area contributed by atoms with E-state index in [1.165, 1.54) is 4.31 Å². The molecule has 142 valence electrons. The summed E-state index contributed by atoms with van der Waals surface area (Å²) in [5, 5.41) is 9.46. The maximum absolute atomic E-state index is 11.9. The number of aromatic nitrogens is 5. The lowest BCUT2D eigenvalue weighted by Gasteiger charge is -2.30. The highest BCUT2D eigenvalue weighted by Crippen LogP contribution is 2.26. The van der Waals surface area contributed by atoms with Crippen LogP contribution >= 0.6 is 0 Å². The molecule has 9 nitrogen and oxygen atoms in total. The molecule has 0 saturated carbocycles. The van der Waals surface area contributed by atoms with Gasteiger partial charge in [0.2, 0.25) is 15.9 Å². The van der Waals surface area contributed by atoms with Crippen LogP contribution in [0.4, 0.5) is 0 Å². The Bertz CT molecular complexity index is 1080. The molecule has 4 rings (SSSR count). The molecule has 27 heavy (non-hydrogen) atoms. The van der Waals surface area contributed by atoms with Gasteiger partial charge in [0.05, 0.1) is 24.3 Å². The fraction of sp³-hybridized carbons (Fsp3) is 0.353. The van der Waals surface area contributed by atoms with Crippen LogP contribution in [-0.2, 0) is 17.1 Å². The van der Waals surface area contributed by atoms with E-state index >= 15 is 0 Å². The molecule has 1 aliphatic heterocycles. The highest BCUT2D eigenvalue weighted by molar-refractivity contribution is 7.92. The Hall–Kier alpha value is -2.72. The third kappa shape index (κ3) is 3.45. The Balaban J connectivity index is 1.57. The maximum atomic E-state index is 11.9. The highest BCUT2D eigenvalue weighted by atomic mass is 32.2. The van der Waals surface area contributed by atoms with Crippen molar-refractivity contribution in [2.24, 2.45) is 7.05 Å². The molecule has 0 aliphatic carbocycles. The van der Waals surface area contributed by atoms with Gasteiger partial charge >= 0.3 is 0 Å². The fourth-order valence-electron chi connectivity index (χ4n) is 3.14. The monoisotopic (exact) mass is 388 g/mol. The average Bonchev–Trinajstić information content (AvgIpc) is 3.31. The molecule has 1 fully saturated rings. The van der Waals surface area contributed by atoms with E-state index < -0.39 is 10.0 Å². The number of fused-ring (bicyclic) bond motifs is 1. The second-order valence-corrected chi connectivity index (χ2v) is 8.30. The van der Waals surface area contributed by atoms with E-state index in [4.69, 9.17) is 4.74 Å². The minimum Gasteiger partial charge on any atom is -0.473 e. The summed E-state index contributed by atoms with van der Waals surface area (Å²) in [6, 6.07) is 1.84. The highest BCUT2D eigenvalue weighted by Gasteiger charge is 2.27. The van der Waals surface area contributed by atoms with Gasteiger partial charge < -0.3 is 4.74 Å². The van der Waals surface area contributed by atoms with Crippen molar-refractivity contribution in [2.45, 2.75) is 18.9 Å². The molecule has 0 atom stereocenters. The first-order valence-electron chi connectivity index (χ1n) is 8.59. The predicted octanol–water partition coefficient (Wildman–Crippen LogP) is 1.45. The number of sulfonamides is 1. The lowest BCUT2D eigenvalue weighted by atomic mass is 10.1. The summed E-state index contributed by atoms with van der Waals surface area (Å²) < 4.78 is 34.8. The van der Waals surface area contributed by atoms with E-state index in [2.05, 4.69) is 21.8 Å². The van der Waals surface area contributed by atoms with E-state index in [0.29, 0.717) is 37.5 Å². The molecule has 0 unspecified atom stereocenters. The quantitative estimate of drug-likeness (QED) is 0.657. The summed E-state index contributed by atoms with van der Waals surface area (Å²) in [4.78, 5) is 4.65. The van der Waals surface area contributed by atoms with Gasteiger partial charge in [-0.3, -0.25) is 4.68 Å². The van der Waals surface area contributed by atoms with Crippen molar-refractivity contribution in [3.05, 3.63) is 42.8 Å². The summed E-state index contributed by atoms with van der Waals surface area (Å²) in [6.07, 6.45) is 8.20. The van der Waals surface area contributed by atoms with E-state index in [1.54, 1.807) is 21.6 Å². The molecule has 4 heterocycles. The Labute approximate surface area is 156 Å². The molecule has 3 aromatic heterocycles. The van der Waals surface area contributed by atoms with Crippen LogP contribution in [0.1, 0.15) is 12.8 Å². The van der Waals surface area contributed by atoms with Crippen molar-refractivity contribution in [2.75, 3.05) is 13.1 Å². The van der Waals surface area contributed by atoms with E-state index in [9.17, 15) is 8.42 Å². The van der Waals surface area contributed by atoms with Gasteiger partial charge in [0.15, 0.2) is 0 Å². The van der Waals surface area contributed by atoms with Gasteiger partial charge in [-0.25, -0.2) is 17.9 Å². The van der Waals surface area contributed by atoms with E-state index in [0.717, 1.165) is 16.5 Å². The summed E-state index contributed by atoms with van der Waals surface area (Å²) in [5.41, 5.74) is 2.34. The van der Waals surface area contributed by atoms with Gasteiger partial charge in [-0.05, 0) is 18.9 Å². The second kappa shape index (κ2) is 6.78. The van der Waals surface area contributed by atoms with Gasteiger partial charge in [-0.15, -0.1) is 0 Å². The minimum atomic E-state index is -3.38. The Kier molecular flexibility index (Phi) is 4.44. The van der Waals surface area contributed by atoms with Crippen molar-refractivity contribution in [3.63, 3.8) is 0 Å². The number of ether oxygens (including phenoxy) is 1. The molecule has 0 spiro atoms. The van der Waals surface area contributed by atoms with Crippen LogP contribution < -0.4 is 4.74 Å². The third-order valence-electron chi connectivity index (χ3n) is 4.61. The van der Waals surface area contributed by atoms with Crippen molar-refractivity contribution in [1.29, 1.82) is 0 Å².